The van der Waals surface area contributed by atoms with Crippen LogP contribution in [0.1, 0.15) is 29.9 Å². The summed E-state index contributed by atoms with van der Waals surface area (Å²) in [6.45, 7) is 5.03. The van der Waals surface area contributed by atoms with Crippen LogP contribution in [-0.4, -0.2) is 11.5 Å². The lowest BCUT2D eigenvalue weighted by Crippen LogP contribution is -2.22. The van der Waals surface area contributed by atoms with Gasteiger partial charge in [0.1, 0.15) is 5.76 Å². The molecule has 0 saturated heterocycles. The highest BCUT2D eigenvalue weighted by atomic mass is 16.3. The lowest BCUT2D eigenvalue weighted by Gasteiger charge is -2.16. The minimum atomic E-state index is 0.0914. The quantitative estimate of drug-likeness (QED) is 0.853. The normalized spacial score (nSPS) is 12.6. The number of aryl methyl sites for hydroxylation is 1. The van der Waals surface area contributed by atoms with E-state index < -0.39 is 0 Å². The van der Waals surface area contributed by atoms with Crippen LogP contribution < -0.4 is 5.32 Å². The zero-order valence-electron chi connectivity index (χ0n) is 9.60. The van der Waals surface area contributed by atoms with Crippen molar-refractivity contribution in [3.8, 4) is 0 Å². The average molecular weight is 216 g/mol. The molecule has 1 atom stereocenters. The first kappa shape index (κ1) is 10.9. The Morgan fingerprint density at radius 3 is 2.88 bits per heavy atom. The van der Waals surface area contributed by atoms with Gasteiger partial charge in [0, 0.05) is 12.4 Å². The molecule has 0 amide bonds. The molecule has 0 aromatic carbocycles. The monoisotopic (exact) mass is 216 g/mol. The minimum absolute atomic E-state index is 0.0914. The van der Waals surface area contributed by atoms with Gasteiger partial charge in [0.05, 0.1) is 12.3 Å². The molecule has 2 heterocycles. The summed E-state index contributed by atoms with van der Waals surface area (Å²) in [5, 5.41) is 3.41. The van der Waals surface area contributed by atoms with Gasteiger partial charge in [-0.25, -0.2) is 0 Å². The number of nitrogens with zero attached hydrogens (tertiary/aromatic N) is 1. The van der Waals surface area contributed by atoms with E-state index in [-0.39, 0.29) is 6.04 Å². The third-order valence-electron chi connectivity index (χ3n) is 2.59. The lowest BCUT2D eigenvalue weighted by atomic mass is 10.0. The van der Waals surface area contributed by atoms with Crippen LogP contribution in [0.25, 0.3) is 0 Å². The van der Waals surface area contributed by atoms with Crippen molar-refractivity contribution in [3.63, 3.8) is 0 Å². The second kappa shape index (κ2) is 4.94. The molecule has 0 radical (unpaired) electrons. The van der Waals surface area contributed by atoms with Crippen molar-refractivity contribution in [1.29, 1.82) is 0 Å². The Balaban J connectivity index is 2.35. The number of hydrogen-bond acceptors (Lipinski definition) is 3. The van der Waals surface area contributed by atoms with Gasteiger partial charge in [-0.15, -0.1) is 0 Å². The highest BCUT2D eigenvalue weighted by molar-refractivity contribution is 5.28. The highest BCUT2D eigenvalue weighted by Gasteiger charge is 2.17. The van der Waals surface area contributed by atoms with Crippen molar-refractivity contribution >= 4 is 0 Å². The van der Waals surface area contributed by atoms with Crippen LogP contribution in [0.4, 0.5) is 0 Å². The molecule has 0 bridgehead atoms. The predicted molar refractivity (Wildman–Crippen MR) is 63.2 cm³/mol. The molecular formula is C13H16N2O. The van der Waals surface area contributed by atoms with E-state index in [1.807, 2.05) is 18.3 Å². The van der Waals surface area contributed by atoms with Crippen LogP contribution in [0.5, 0.6) is 0 Å². The van der Waals surface area contributed by atoms with Gasteiger partial charge in [-0.1, -0.05) is 13.0 Å². The number of furan rings is 1. The molecule has 2 aromatic rings. The molecule has 16 heavy (non-hydrogen) atoms. The van der Waals surface area contributed by atoms with Crippen molar-refractivity contribution in [2.45, 2.75) is 19.9 Å². The van der Waals surface area contributed by atoms with Crippen molar-refractivity contribution in [3.05, 3.63) is 53.7 Å². The zero-order chi connectivity index (χ0) is 11.4. The van der Waals surface area contributed by atoms with Gasteiger partial charge in [-0.2, -0.15) is 0 Å². The number of pyridine rings is 1. The first-order chi connectivity index (χ1) is 7.83. The van der Waals surface area contributed by atoms with Gasteiger partial charge < -0.3 is 9.73 Å². The van der Waals surface area contributed by atoms with Crippen LogP contribution >= 0.6 is 0 Å². The Morgan fingerprint density at radius 2 is 2.31 bits per heavy atom. The van der Waals surface area contributed by atoms with Crippen molar-refractivity contribution in [2.24, 2.45) is 0 Å². The molecule has 0 fully saturated rings. The van der Waals surface area contributed by atoms with E-state index in [4.69, 9.17) is 4.42 Å². The van der Waals surface area contributed by atoms with Gasteiger partial charge in [-0.05, 0) is 36.7 Å². The third kappa shape index (κ3) is 2.14. The van der Waals surface area contributed by atoms with E-state index in [9.17, 15) is 0 Å². The Bertz CT molecular complexity index is 436. The number of hydrogen-bond donors (Lipinski definition) is 1. The van der Waals surface area contributed by atoms with Gasteiger partial charge in [-0.3, -0.25) is 4.98 Å². The van der Waals surface area contributed by atoms with E-state index in [2.05, 4.69) is 30.2 Å². The molecule has 2 rings (SSSR count). The molecule has 3 nitrogen and oxygen atoms in total. The fraction of sp³-hybridized carbons (Fsp3) is 0.308. The van der Waals surface area contributed by atoms with E-state index in [0.29, 0.717) is 0 Å². The van der Waals surface area contributed by atoms with Crippen LogP contribution in [-0.2, 0) is 0 Å². The second-order valence-corrected chi connectivity index (χ2v) is 3.74. The van der Waals surface area contributed by atoms with Crippen molar-refractivity contribution in [1.82, 2.24) is 10.3 Å². The SMILES string of the molecule is CCNC(c1cccnc1)c1occc1C. The Labute approximate surface area is 95.5 Å². The summed E-state index contributed by atoms with van der Waals surface area (Å²) < 4.78 is 5.54. The second-order valence-electron chi connectivity index (χ2n) is 3.74. The molecule has 1 N–H and O–H groups in total. The smallest absolute Gasteiger partial charge is 0.128 e. The first-order valence-corrected chi connectivity index (χ1v) is 5.50. The maximum atomic E-state index is 5.54. The maximum absolute atomic E-state index is 5.54. The molecule has 0 aliphatic rings. The van der Waals surface area contributed by atoms with Gasteiger partial charge in [0.25, 0.3) is 0 Å². The van der Waals surface area contributed by atoms with Crippen molar-refractivity contribution in [2.75, 3.05) is 6.54 Å². The summed E-state index contributed by atoms with van der Waals surface area (Å²) in [5.74, 6) is 0.967. The lowest BCUT2D eigenvalue weighted by molar-refractivity contribution is 0.449. The minimum Gasteiger partial charge on any atom is -0.467 e. The number of nitrogens with one attached hydrogen (secondary N) is 1. The molecule has 0 spiro atoms. The van der Waals surface area contributed by atoms with Crippen LogP contribution in [0.15, 0.2) is 41.3 Å². The van der Waals surface area contributed by atoms with E-state index in [1.54, 1.807) is 12.5 Å². The topological polar surface area (TPSA) is 38.1 Å². The molecule has 1 unspecified atom stereocenters. The summed E-state index contributed by atoms with van der Waals surface area (Å²) in [6.07, 6.45) is 5.38. The summed E-state index contributed by atoms with van der Waals surface area (Å²) in [5.41, 5.74) is 2.29. The third-order valence-corrected chi connectivity index (χ3v) is 2.59. The van der Waals surface area contributed by atoms with Gasteiger partial charge in [0.15, 0.2) is 0 Å². The molecular weight excluding hydrogens is 200 g/mol. The largest absolute Gasteiger partial charge is 0.467 e. The van der Waals surface area contributed by atoms with Gasteiger partial charge >= 0.3 is 0 Å². The first-order valence-electron chi connectivity index (χ1n) is 5.50. The Hall–Kier alpha value is -1.61. The Kier molecular flexibility index (Phi) is 3.37. The summed E-state index contributed by atoms with van der Waals surface area (Å²) in [4.78, 5) is 4.15. The molecule has 0 aliphatic heterocycles. The standard InChI is InChI=1S/C13H16N2O/c1-3-15-12(11-5-4-7-14-9-11)13-10(2)6-8-16-13/h4-9,12,15H,3H2,1-2H3. The maximum Gasteiger partial charge on any atom is 0.128 e. The summed E-state index contributed by atoms with van der Waals surface area (Å²) >= 11 is 0. The van der Waals surface area contributed by atoms with E-state index in [0.717, 1.165) is 23.4 Å². The molecule has 0 aliphatic carbocycles. The predicted octanol–water partition coefficient (Wildman–Crippen LogP) is 2.68. The fourth-order valence-electron chi connectivity index (χ4n) is 1.79. The summed E-state index contributed by atoms with van der Waals surface area (Å²) in [6, 6.07) is 6.07. The average Bonchev–Trinajstić information content (AvgIpc) is 2.73. The van der Waals surface area contributed by atoms with Gasteiger partial charge in [0.2, 0.25) is 0 Å². The van der Waals surface area contributed by atoms with E-state index >= 15 is 0 Å². The number of aromatic nitrogens is 1. The molecule has 3 heteroatoms. The molecule has 84 valence electrons. The molecule has 0 saturated carbocycles. The summed E-state index contributed by atoms with van der Waals surface area (Å²) in [7, 11) is 0. The van der Waals surface area contributed by atoms with Crippen molar-refractivity contribution < 1.29 is 4.42 Å². The van der Waals surface area contributed by atoms with Crippen LogP contribution in [0.3, 0.4) is 0 Å². The number of rotatable bonds is 4. The van der Waals surface area contributed by atoms with E-state index in [1.165, 1.54) is 0 Å². The highest BCUT2D eigenvalue weighted by Crippen LogP contribution is 2.24. The van der Waals surface area contributed by atoms with Crippen LogP contribution in [0, 0.1) is 6.92 Å². The Morgan fingerprint density at radius 1 is 1.44 bits per heavy atom. The molecule has 2 aromatic heterocycles. The zero-order valence-corrected chi connectivity index (χ0v) is 9.60. The fourth-order valence-corrected chi connectivity index (χ4v) is 1.79. The van der Waals surface area contributed by atoms with Crippen LogP contribution in [0.2, 0.25) is 0 Å².